The van der Waals surface area contributed by atoms with E-state index >= 15 is 0 Å². The molecule has 0 heterocycles. The monoisotopic (exact) mass is 298 g/mol. The minimum Gasteiger partial charge on any atom is -0.481 e. The van der Waals surface area contributed by atoms with Gasteiger partial charge in [0.2, 0.25) is 0 Å². The van der Waals surface area contributed by atoms with Gasteiger partial charge < -0.3 is 15.7 Å². The molecule has 0 saturated heterocycles. The van der Waals surface area contributed by atoms with Crippen LogP contribution in [0.15, 0.2) is 0 Å². The first kappa shape index (κ1) is 17.8. The van der Waals surface area contributed by atoms with Gasteiger partial charge in [-0.15, -0.1) is 0 Å². The Bertz CT molecular complexity index is 340. The van der Waals surface area contributed by atoms with E-state index in [4.69, 9.17) is 5.11 Å². The highest BCUT2D eigenvalue weighted by Crippen LogP contribution is 2.43. The largest absolute Gasteiger partial charge is 0.481 e. The number of carboxylic acid groups (broad SMARTS) is 1. The molecule has 1 atom stereocenters. The Morgan fingerprint density at radius 2 is 1.95 bits per heavy atom. The van der Waals surface area contributed by atoms with Crippen molar-refractivity contribution in [3.05, 3.63) is 0 Å². The van der Waals surface area contributed by atoms with Gasteiger partial charge in [0.15, 0.2) is 0 Å². The summed E-state index contributed by atoms with van der Waals surface area (Å²) in [6.07, 6.45) is 7.61. The Hall–Kier alpha value is -1.26. The third kappa shape index (κ3) is 6.36. The first-order valence-corrected chi connectivity index (χ1v) is 8.25. The molecule has 5 heteroatoms. The van der Waals surface area contributed by atoms with Crippen molar-refractivity contribution in [2.45, 2.75) is 65.2 Å². The quantitative estimate of drug-likeness (QED) is 0.579. The highest BCUT2D eigenvalue weighted by molar-refractivity contribution is 5.74. The van der Waals surface area contributed by atoms with Crippen LogP contribution >= 0.6 is 0 Å². The summed E-state index contributed by atoms with van der Waals surface area (Å²) >= 11 is 0. The normalized spacial score (nSPS) is 17.6. The molecule has 2 amide bonds. The average molecular weight is 298 g/mol. The van der Waals surface area contributed by atoms with Crippen LogP contribution in [0.5, 0.6) is 0 Å². The second-order valence-corrected chi connectivity index (χ2v) is 6.40. The summed E-state index contributed by atoms with van der Waals surface area (Å²) in [4.78, 5) is 22.7. The number of unbranched alkanes of at least 4 members (excludes halogenated alkanes) is 1. The Balaban J connectivity index is 2.25. The molecule has 0 radical (unpaired) electrons. The Morgan fingerprint density at radius 1 is 1.24 bits per heavy atom. The van der Waals surface area contributed by atoms with Crippen LogP contribution in [0.1, 0.15) is 65.2 Å². The molecule has 21 heavy (non-hydrogen) atoms. The molecule has 0 aromatic rings. The molecular formula is C16H30N2O3. The zero-order valence-electron chi connectivity index (χ0n) is 13.4. The van der Waals surface area contributed by atoms with Crippen LogP contribution in [0.25, 0.3) is 0 Å². The van der Waals surface area contributed by atoms with Crippen molar-refractivity contribution >= 4 is 12.0 Å². The topological polar surface area (TPSA) is 78.4 Å². The smallest absolute Gasteiger partial charge is 0.314 e. The maximum atomic E-state index is 11.8. The second kappa shape index (κ2) is 8.90. The van der Waals surface area contributed by atoms with Crippen LogP contribution < -0.4 is 10.6 Å². The van der Waals surface area contributed by atoms with E-state index < -0.39 is 5.97 Å². The van der Waals surface area contributed by atoms with Gasteiger partial charge in [0.1, 0.15) is 0 Å². The van der Waals surface area contributed by atoms with Crippen LogP contribution in [0.3, 0.4) is 0 Å². The van der Waals surface area contributed by atoms with Crippen LogP contribution in [-0.2, 0) is 4.79 Å². The van der Waals surface area contributed by atoms with Gasteiger partial charge in [-0.2, -0.15) is 0 Å². The SMILES string of the molecule is CCCCC(CC)CNC(=O)NCC1(CC(=O)O)CCC1. The van der Waals surface area contributed by atoms with E-state index in [9.17, 15) is 9.59 Å². The summed E-state index contributed by atoms with van der Waals surface area (Å²) in [6, 6.07) is -0.165. The number of nitrogens with one attached hydrogen (secondary N) is 2. The minimum absolute atomic E-state index is 0.154. The fraction of sp³-hybridized carbons (Fsp3) is 0.875. The van der Waals surface area contributed by atoms with Crippen molar-refractivity contribution in [2.24, 2.45) is 11.3 Å². The van der Waals surface area contributed by atoms with Crippen molar-refractivity contribution in [3.8, 4) is 0 Å². The van der Waals surface area contributed by atoms with Gasteiger partial charge in [0.05, 0.1) is 6.42 Å². The summed E-state index contributed by atoms with van der Waals surface area (Å²) in [5.74, 6) is -0.241. The predicted molar refractivity (Wildman–Crippen MR) is 83.2 cm³/mol. The summed E-state index contributed by atoms with van der Waals surface area (Å²) in [5, 5.41) is 14.7. The van der Waals surface area contributed by atoms with Gasteiger partial charge in [0.25, 0.3) is 0 Å². The van der Waals surface area contributed by atoms with Crippen LogP contribution in [0, 0.1) is 11.3 Å². The van der Waals surface area contributed by atoms with Crippen LogP contribution in [0.2, 0.25) is 0 Å². The van der Waals surface area contributed by atoms with E-state index in [0.29, 0.717) is 19.0 Å². The van der Waals surface area contributed by atoms with Gasteiger partial charge in [-0.05, 0) is 30.6 Å². The van der Waals surface area contributed by atoms with Crippen molar-refractivity contribution in [1.29, 1.82) is 0 Å². The summed E-state index contributed by atoms with van der Waals surface area (Å²) in [5.41, 5.74) is -0.213. The fourth-order valence-electron chi connectivity index (χ4n) is 2.92. The van der Waals surface area contributed by atoms with Crippen molar-refractivity contribution < 1.29 is 14.7 Å². The molecule has 5 nitrogen and oxygen atoms in total. The minimum atomic E-state index is -0.775. The van der Waals surface area contributed by atoms with Gasteiger partial charge in [-0.3, -0.25) is 4.79 Å². The van der Waals surface area contributed by atoms with E-state index in [1.165, 1.54) is 12.8 Å². The van der Waals surface area contributed by atoms with Gasteiger partial charge in [-0.1, -0.05) is 39.5 Å². The highest BCUT2D eigenvalue weighted by Gasteiger charge is 2.39. The van der Waals surface area contributed by atoms with Gasteiger partial charge in [0, 0.05) is 13.1 Å². The number of hydrogen-bond donors (Lipinski definition) is 3. The lowest BCUT2D eigenvalue weighted by atomic mass is 9.66. The van der Waals surface area contributed by atoms with Crippen molar-refractivity contribution in [2.75, 3.05) is 13.1 Å². The molecule has 0 aromatic heterocycles. The van der Waals surface area contributed by atoms with Gasteiger partial charge in [-0.25, -0.2) is 4.79 Å². The molecule has 1 aliphatic carbocycles. The number of carbonyl (C=O) groups excluding carboxylic acids is 1. The third-order valence-electron chi connectivity index (χ3n) is 4.66. The molecule has 0 bridgehead atoms. The molecule has 0 spiro atoms. The molecule has 1 aliphatic rings. The number of aliphatic carboxylic acids is 1. The highest BCUT2D eigenvalue weighted by atomic mass is 16.4. The van der Waals surface area contributed by atoms with E-state index in [1.54, 1.807) is 0 Å². The Kier molecular flexibility index (Phi) is 7.54. The van der Waals surface area contributed by atoms with Crippen molar-refractivity contribution in [1.82, 2.24) is 10.6 Å². The number of urea groups is 1. The van der Waals surface area contributed by atoms with Gasteiger partial charge >= 0.3 is 12.0 Å². The molecule has 1 saturated carbocycles. The van der Waals surface area contributed by atoms with E-state index in [0.717, 1.165) is 32.1 Å². The molecule has 0 aliphatic heterocycles. The third-order valence-corrected chi connectivity index (χ3v) is 4.66. The van der Waals surface area contributed by atoms with Crippen molar-refractivity contribution in [3.63, 3.8) is 0 Å². The molecule has 0 aromatic carbocycles. The Morgan fingerprint density at radius 3 is 2.43 bits per heavy atom. The standard InChI is InChI=1S/C16H30N2O3/c1-3-5-7-13(4-2)11-17-15(21)18-12-16(8-6-9-16)10-14(19)20/h13H,3-12H2,1-2H3,(H,19,20)(H2,17,18,21). The van der Waals surface area contributed by atoms with Crippen LogP contribution in [-0.4, -0.2) is 30.2 Å². The lowest BCUT2D eigenvalue weighted by Crippen LogP contribution is -2.47. The maximum absolute atomic E-state index is 11.8. The number of carbonyl (C=O) groups is 2. The lowest BCUT2D eigenvalue weighted by Gasteiger charge is -2.40. The predicted octanol–water partition coefficient (Wildman–Crippen LogP) is 3.15. The molecular weight excluding hydrogens is 268 g/mol. The fourth-order valence-corrected chi connectivity index (χ4v) is 2.92. The first-order chi connectivity index (χ1) is 10.0. The molecule has 1 unspecified atom stereocenters. The van der Waals surface area contributed by atoms with Crippen LogP contribution in [0.4, 0.5) is 4.79 Å². The van der Waals surface area contributed by atoms with E-state index in [-0.39, 0.29) is 17.9 Å². The summed E-state index contributed by atoms with van der Waals surface area (Å²) in [7, 11) is 0. The molecule has 1 fully saturated rings. The second-order valence-electron chi connectivity index (χ2n) is 6.40. The lowest BCUT2D eigenvalue weighted by molar-refractivity contribution is -0.141. The molecule has 3 N–H and O–H groups in total. The molecule has 122 valence electrons. The number of amides is 2. The maximum Gasteiger partial charge on any atom is 0.314 e. The number of rotatable bonds is 10. The van der Waals surface area contributed by atoms with E-state index in [2.05, 4.69) is 24.5 Å². The Labute approximate surface area is 127 Å². The van der Waals surface area contributed by atoms with E-state index in [1.807, 2.05) is 0 Å². The zero-order chi connectivity index (χ0) is 15.7. The number of carboxylic acids is 1. The number of hydrogen-bond acceptors (Lipinski definition) is 2. The average Bonchev–Trinajstić information content (AvgIpc) is 2.41. The zero-order valence-corrected chi connectivity index (χ0v) is 13.4. The first-order valence-electron chi connectivity index (χ1n) is 8.25. The molecule has 1 rings (SSSR count). The summed E-state index contributed by atoms with van der Waals surface area (Å²) in [6.45, 7) is 5.49. The summed E-state index contributed by atoms with van der Waals surface area (Å²) < 4.78 is 0.